The molecule has 0 amide bonds. The third-order valence-electron chi connectivity index (χ3n) is 3.35. The first-order chi connectivity index (χ1) is 11.9. The van der Waals surface area contributed by atoms with Crippen molar-refractivity contribution in [2.45, 2.75) is 22.6 Å². The third-order valence-corrected chi connectivity index (χ3v) is 6.13. The van der Waals surface area contributed by atoms with Gasteiger partial charge in [0.05, 0.1) is 22.0 Å². The quantitative estimate of drug-likeness (QED) is 0.734. The molecule has 26 heavy (non-hydrogen) atoms. The van der Waals surface area contributed by atoms with Crippen LogP contribution in [-0.4, -0.2) is 29.0 Å². The average Bonchev–Trinajstić information content (AvgIpc) is 2.53. The number of rotatable bonds is 6. The van der Waals surface area contributed by atoms with Gasteiger partial charge in [0.25, 0.3) is 0 Å². The highest BCUT2D eigenvalue weighted by molar-refractivity contribution is 7.94. The molecule has 0 aliphatic carbocycles. The summed E-state index contributed by atoms with van der Waals surface area (Å²) in [5, 5.41) is 0. The second-order valence-corrected chi connectivity index (χ2v) is 9.39. The van der Waals surface area contributed by atoms with E-state index in [1.165, 1.54) is 24.3 Å². The zero-order valence-corrected chi connectivity index (χ0v) is 15.2. The van der Waals surface area contributed by atoms with Gasteiger partial charge in [-0.15, -0.1) is 0 Å². The highest BCUT2D eigenvalue weighted by atomic mass is 32.2. The summed E-state index contributed by atoms with van der Waals surface area (Å²) in [4.78, 5) is -0.769. The Morgan fingerprint density at radius 3 is 2.12 bits per heavy atom. The lowest BCUT2D eigenvalue weighted by atomic mass is 10.1. The molecule has 142 valence electrons. The molecule has 0 aliphatic rings. The van der Waals surface area contributed by atoms with Crippen molar-refractivity contribution < 1.29 is 34.7 Å². The number of sulfone groups is 2. The second-order valence-electron chi connectivity index (χ2n) is 5.50. The fourth-order valence-corrected chi connectivity index (χ4v) is 4.87. The van der Waals surface area contributed by atoms with Gasteiger partial charge in [0.15, 0.2) is 15.8 Å². The standard InChI is InChI=1S/C16H15F3O5S2/c1-25(20,21)14-7-2-3-8-15(14)26(22,23)11-24-10-12-5-4-6-13(9-12)16(17,18)19/h2-9H,10-11H2,1H3. The topological polar surface area (TPSA) is 77.5 Å². The van der Waals surface area contributed by atoms with Crippen LogP contribution in [0.3, 0.4) is 0 Å². The molecule has 0 spiro atoms. The van der Waals surface area contributed by atoms with E-state index >= 15 is 0 Å². The van der Waals surface area contributed by atoms with Crippen molar-refractivity contribution in [2.24, 2.45) is 0 Å². The molecule has 10 heteroatoms. The monoisotopic (exact) mass is 408 g/mol. The minimum Gasteiger partial charge on any atom is -0.360 e. The molecule has 0 fully saturated rings. The van der Waals surface area contributed by atoms with E-state index < -0.39 is 42.2 Å². The van der Waals surface area contributed by atoms with E-state index in [0.717, 1.165) is 30.5 Å². The molecule has 0 radical (unpaired) electrons. The Bertz CT molecular complexity index is 997. The van der Waals surface area contributed by atoms with Gasteiger partial charge in [-0.3, -0.25) is 0 Å². The second kappa shape index (κ2) is 7.37. The summed E-state index contributed by atoms with van der Waals surface area (Å²) in [7, 11) is -7.88. The van der Waals surface area contributed by atoms with Crippen molar-refractivity contribution in [1.82, 2.24) is 0 Å². The molecule has 2 aromatic carbocycles. The minimum absolute atomic E-state index is 0.145. The first kappa shape index (κ1) is 20.4. The molecule has 2 rings (SSSR count). The van der Waals surface area contributed by atoms with Gasteiger partial charge in [0, 0.05) is 6.26 Å². The van der Waals surface area contributed by atoms with Crippen LogP contribution in [0.2, 0.25) is 0 Å². The molecule has 5 nitrogen and oxygen atoms in total. The summed E-state index contributed by atoms with van der Waals surface area (Å²) in [5.74, 6) is -0.865. The number of benzene rings is 2. The van der Waals surface area contributed by atoms with Gasteiger partial charge in [-0.1, -0.05) is 24.3 Å². The van der Waals surface area contributed by atoms with Crippen LogP contribution in [0.15, 0.2) is 58.3 Å². The third kappa shape index (κ3) is 5.05. The van der Waals surface area contributed by atoms with Gasteiger partial charge < -0.3 is 4.74 Å². The van der Waals surface area contributed by atoms with E-state index in [2.05, 4.69) is 0 Å². The normalized spacial score (nSPS) is 12.9. The zero-order chi connectivity index (χ0) is 19.6. The molecule has 0 N–H and O–H groups in total. The maximum absolute atomic E-state index is 12.7. The Morgan fingerprint density at radius 2 is 1.54 bits per heavy atom. The zero-order valence-electron chi connectivity index (χ0n) is 13.5. The maximum atomic E-state index is 12.7. The van der Waals surface area contributed by atoms with Crippen molar-refractivity contribution in [3.05, 3.63) is 59.7 Å². The van der Waals surface area contributed by atoms with Gasteiger partial charge in [-0.05, 0) is 29.8 Å². The van der Waals surface area contributed by atoms with E-state index in [1.807, 2.05) is 0 Å². The lowest BCUT2D eigenvalue weighted by molar-refractivity contribution is -0.137. The Balaban J connectivity index is 2.16. The van der Waals surface area contributed by atoms with Crippen molar-refractivity contribution >= 4 is 19.7 Å². The largest absolute Gasteiger partial charge is 0.416 e. The highest BCUT2D eigenvalue weighted by Crippen LogP contribution is 2.29. The molecule has 0 bridgehead atoms. The molecular weight excluding hydrogens is 393 g/mol. The van der Waals surface area contributed by atoms with E-state index in [4.69, 9.17) is 4.74 Å². The van der Waals surface area contributed by atoms with Gasteiger partial charge in [-0.25, -0.2) is 16.8 Å². The van der Waals surface area contributed by atoms with Crippen LogP contribution in [-0.2, 0) is 37.2 Å². The van der Waals surface area contributed by atoms with E-state index in [0.29, 0.717) is 0 Å². The predicted molar refractivity (Wildman–Crippen MR) is 87.8 cm³/mol. The average molecular weight is 408 g/mol. The van der Waals surface area contributed by atoms with Crippen molar-refractivity contribution in [3.8, 4) is 0 Å². The number of ether oxygens (including phenoxy) is 1. The number of alkyl halides is 3. The molecule has 0 saturated heterocycles. The van der Waals surface area contributed by atoms with Crippen molar-refractivity contribution in [2.75, 3.05) is 12.2 Å². The first-order valence-corrected chi connectivity index (χ1v) is 10.7. The van der Waals surface area contributed by atoms with E-state index in [9.17, 15) is 30.0 Å². The SMILES string of the molecule is CS(=O)(=O)c1ccccc1S(=O)(=O)COCc1cccc(C(F)(F)F)c1. The first-order valence-electron chi connectivity index (χ1n) is 7.17. The molecule has 0 atom stereocenters. The lowest BCUT2D eigenvalue weighted by Gasteiger charge is -2.11. The fraction of sp³-hybridized carbons (Fsp3) is 0.250. The molecule has 2 aromatic rings. The van der Waals surface area contributed by atoms with Gasteiger partial charge >= 0.3 is 6.18 Å². The predicted octanol–water partition coefficient (Wildman–Crippen LogP) is 3.06. The summed E-state index contributed by atoms with van der Waals surface area (Å²) in [6.07, 6.45) is -3.64. The van der Waals surface area contributed by atoms with Crippen molar-refractivity contribution in [1.29, 1.82) is 0 Å². The van der Waals surface area contributed by atoms with Gasteiger partial charge in [0.2, 0.25) is 9.84 Å². The maximum Gasteiger partial charge on any atom is 0.416 e. The van der Waals surface area contributed by atoms with Crippen LogP contribution < -0.4 is 0 Å². The summed E-state index contributed by atoms with van der Waals surface area (Å²) in [6.45, 7) is -0.371. The number of halogens is 3. The number of hydrogen-bond donors (Lipinski definition) is 0. The van der Waals surface area contributed by atoms with Crippen LogP contribution in [0, 0.1) is 0 Å². The van der Waals surface area contributed by atoms with Crippen LogP contribution in [0.25, 0.3) is 0 Å². The summed E-state index contributed by atoms with van der Waals surface area (Å²) < 4.78 is 91.1. The van der Waals surface area contributed by atoms with Crippen LogP contribution in [0.1, 0.15) is 11.1 Å². The molecule has 0 aliphatic heterocycles. The summed E-state index contributed by atoms with van der Waals surface area (Å²) in [5.41, 5.74) is -0.727. The Kier molecular flexibility index (Phi) is 5.79. The number of hydrogen-bond acceptors (Lipinski definition) is 5. The molecule has 0 unspecified atom stereocenters. The van der Waals surface area contributed by atoms with Crippen LogP contribution in [0.4, 0.5) is 13.2 Å². The lowest BCUT2D eigenvalue weighted by Crippen LogP contribution is -2.14. The van der Waals surface area contributed by atoms with E-state index in [-0.39, 0.29) is 17.1 Å². The molecular formula is C16H15F3O5S2. The smallest absolute Gasteiger partial charge is 0.360 e. The van der Waals surface area contributed by atoms with Gasteiger partial charge in [0.1, 0.15) is 0 Å². The van der Waals surface area contributed by atoms with Gasteiger partial charge in [-0.2, -0.15) is 13.2 Å². The van der Waals surface area contributed by atoms with Crippen LogP contribution >= 0.6 is 0 Å². The van der Waals surface area contributed by atoms with E-state index in [1.54, 1.807) is 0 Å². The molecule has 0 heterocycles. The highest BCUT2D eigenvalue weighted by Gasteiger charge is 2.30. The summed E-state index contributed by atoms with van der Waals surface area (Å²) in [6, 6.07) is 9.36. The molecule has 0 saturated carbocycles. The fourth-order valence-electron chi connectivity index (χ4n) is 2.18. The molecule has 0 aromatic heterocycles. The summed E-state index contributed by atoms with van der Waals surface area (Å²) >= 11 is 0. The van der Waals surface area contributed by atoms with Crippen molar-refractivity contribution in [3.63, 3.8) is 0 Å². The minimum atomic E-state index is -4.52. The Labute approximate surface area is 149 Å². The Morgan fingerprint density at radius 1 is 0.923 bits per heavy atom. The van der Waals surface area contributed by atoms with Crippen LogP contribution in [0.5, 0.6) is 0 Å². The Hall–Kier alpha value is -1.91.